The van der Waals surface area contributed by atoms with Crippen molar-refractivity contribution in [1.82, 2.24) is 0 Å². The van der Waals surface area contributed by atoms with Crippen LogP contribution in [-0.2, 0) is 0 Å². The number of methoxy groups -OCH3 is 1. The highest BCUT2D eigenvalue weighted by molar-refractivity contribution is 7.99. The van der Waals surface area contributed by atoms with Crippen LogP contribution in [0.5, 0.6) is 5.75 Å². The highest BCUT2D eigenvalue weighted by Gasteiger charge is 2.07. The van der Waals surface area contributed by atoms with Crippen molar-refractivity contribution >= 4 is 17.4 Å². The van der Waals surface area contributed by atoms with Gasteiger partial charge >= 0.3 is 0 Å². The Morgan fingerprint density at radius 2 is 1.89 bits per heavy atom. The summed E-state index contributed by atoms with van der Waals surface area (Å²) < 4.78 is 31.4. The molecule has 2 nitrogen and oxygen atoms in total. The number of nitrogen functional groups attached to an aromatic ring is 1. The van der Waals surface area contributed by atoms with E-state index in [9.17, 15) is 8.78 Å². The van der Waals surface area contributed by atoms with Crippen LogP contribution in [0.1, 0.15) is 0 Å². The normalized spacial score (nSPS) is 10.4. The van der Waals surface area contributed by atoms with E-state index in [4.69, 9.17) is 10.5 Å². The molecule has 2 aromatic rings. The molecule has 0 saturated carbocycles. The van der Waals surface area contributed by atoms with E-state index in [1.54, 1.807) is 18.2 Å². The Kier molecular flexibility index (Phi) is 3.72. The summed E-state index contributed by atoms with van der Waals surface area (Å²) in [6, 6.07) is 8.58. The summed E-state index contributed by atoms with van der Waals surface area (Å²) in [4.78, 5) is 1.07. The highest BCUT2D eigenvalue weighted by Crippen LogP contribution is 2.33. The zero-order chi connectivity index (χ0) is 13.1. The molecule has 0 saturated heterocycles. The second-order valence-electron chi connectivity index (χ2n) is 3.62. The topological polar surface area (TPSA) is 35.2 Å². The Balaban J connectivity index is 2.30. The maximum atomic E-state index is 13.5. The van der Waals surface area contributed by atoms with E-state index < -0.39 is 11.6 Å². The van der Waals surface area contributed by atoms with Gasteiger partial charge in [0.15, 0.2) is 0 Å². The minimum atomic E-state index is -0.596. The third-order valence-corrected chi connectivity index (χ3v) is 3.28. The number of rotatable bonds is 3. The number of ether oxygens (including phenoxy) is 1. The highest BCUT2D eigenvalue weighted by atomic mass is 32.2. The number of anilines is 1. The van der Waals surface area contributed by atoms with Crippen molar-refractivity contribution in [2.45, 2.75) is 9.79 Å². The lowest BCUT2D eigenvalue weighted by molar-refractivity contribution is 0.414. The largest absolute Gasteiger partial charge is 0.497 e. The summed E-state index contributed by atoms with van der Waals surface area (Å²) >= 11 is 1.16. The van der Waals surface area contributed by atoms with Gasteiger partial charge in [0.05, 0.1) is 7.11 Å². The van der Waals surface area contributed by atoms with E-state index in [0.29, 0.717) is 16.3 Å². The summed E-state index contributed by atoms with van der Waals surface area (Å²) in [5.41, 5.74) is 6.23. The van der Waals surface area contributed by atoms with Crippen molar-refractivity contribution in [3.63, 3.8) is 0 Å². The number of hydrogen-bond acceptors (Lipinski definition) is 3. The van der Waals surface area contributed by atoms with Crippen molar-refractivity contribution < 1.29 is 13.5 Å². The Hall–Kier alpha value is -1.75. The predicted octanol–water partition coefficient (Wildman–Crippen LogP) is 3.71. The van der Waals surface area contributed by atoms with Crippen molar-refractivity contribution in [2.24, 2.45) is 0 Å². The number of halogens is 2. The molecule has 0 spiro atoms. The average Bonchev–Trinajstić information content (AvgIpc) is 2.32. The van der Waals surface area contributed by atoms with Crippen LogP contribution in [0.15, 0.2) is 46.2 Å². The van der Waals surface area contributed by atoms with Crippen LogP contribution >= 0.6 is 11.8 Å². The fourth-order valence-electron chi connectivity index (χ4n) is 1.46. The second kappa shape index (κ2) is 5.27. The molecule has 0 aromatic heterocycles. The average molecular weight is 267 g/mol. The minimum Gasteiger partial charge on any atom is -0.497 e. The number of hydrogen-bond donors (Lipinski definition) is 1. The summed E-state index contributed by atoms with van der Waals surface area (Å²) in [5.74, 6) is -0.594. The molecule has 0 fully saturated rings. The molecule has 2 rings (SSSR count). The molecule has 0 atom stereocenters. The van der Waals surface area contributed by atoms with Crippen molar-refractivity contribution in [3.8, 4) is 5.75 Å². The summed E-state index contributed by atoms with van der Waals surface area (Å²) in [7, 11) is 1.53. The molecule has 18 heavy (non-hydrogen) atoms. The number of benzene rings is 2. The van der Waals surface area contributed by atoms with Crippen LogP contribution in [0.3, 0.4) is 0 Å². The quantitative estimate of drug-likeness (QED) is 0.861. The molecule has 0 aliphatic heterocycles. The minimum absolute atomic E-state index is 0.337. The van der Waals surface area contributed by atoms with E-state index in [1.165, 1.54) is 19.2 Å². The molecule has 5 heteroatoms. The van der Waals surface area contributed by atoms with E-state index in [2.05, 4.69) is 0 Å². The molecule has 0 radical (unpaired) electrons. The molecule has 0 heterocycles. The maximum absolute atomic E-state index is 13.5. The molecule has 0 aliphatic carbocycles. The molecule has 0 amide bonds. The fraction of sp³-hybridized carbons (Fsp3) is 0.0769. The lowest BCUT2D eigenvalue weighted by atomic mass is 10.3. The molecule has 2 N–H and O–H groups in total. The van der Waals surface area contributed by atoms with Crippen LogP contribution in [0, 0.1) is 11.6 Å². The molecule has 2 aromatic carbocycles. The standard InChI is InChI=1S/C13H11F2NOS/c1-17-10-5-9(16)6-11(7-10)18-13-3-2-8(14)4-12(13)15/h2-7H,16H2,1H3. The monoisotopic (exact) mass is 267 g/mol. The zero-order valence-electron chi connectivity index (χ0n) is 9.61. The van der Waals surface area contributed by atoms with Gasteiger partial charge < -0.3 is 10.5 Å². The van der Waals surface area contributed by atoms with Crippen LogP contribution < -0.4 is 10.5 Å². The van der Waals surface area contributed by atoms with E-state index in [-0.39, 0.29) is 0 Å². The van der Waals surface area contributed by atoms with Gasteiger partial charge in [-0.2, -0.15) is 0 Å². The van der Waals surface area contributed by atoms with Gasteiger partial charge in [0, 0.05) is 27.6 Å². The predicted molar refractivity (Wildman–Crippen MR) is 67.9 cm³/mol. The van der Waals surface area contributed by atoms with Crippen molar-refractivity contribution in [2.75, 3.05) is 12.8 Å². The van der Waals surface area contributed by atoms with Gasteiger partial charge in [-0.05, 0) is 24.3 Å². The van der Waals surface area contributed by atoms with Gasteiger partial charge in [0.25, 0.3) is 0 Å². The number of nitrogens with two attached hydrogens (primary N) is 1. The zero-order valence-corrected chi connectivity index (χ0v) is 10.4. The van der Waals surface area contributed by atoms with Crippen LogP contribution in [-0.4, -0.2) is 7.11 Å². The summed E-state index contributed by atoms with van der Waals surface area (Å²) in [6.45, 7) is 0. The first kappa shape index (κ1) is 12.7. The third kappa shape index (κ3) is 2.92. The molecule has 94 valence electrons. The molecule has 0 aliphatic rings. The maximum Gasteiger partial charge on any atom is 0.140 e. The first-order valence-corrected chi connectivity index (χ1v) is 5.97. The van der Waals surface area contributed by atoms with Crippen molar-refractivity contribution in [1.29, 1.82) is 0 Å². The molecular weight excluding hydrogens is 256 g/mol. The fourth-order valence-corrected chi connectivity index (χ4v) is 2.37. The molecule has 0 bridgehead atoms. The Bertz CT molecular complexity index is 575. The first-order chi connectivity index (χ1) is 8.58. The Morgan fingerprint density at radius 1 is 1.11 bits per heavy atom. The summed E-state index contributed by atoms with van der Waals surface area (Å²) in [5, 5.41) is 0. The van der Waals surface area contributed by atoms with E-state index >= 15 is 0 Å². The van der Waals surface area contributed by atoms with Crippen LogP contribution in [0.2, 0.25) is 0 Å². The summed E-state index contributed by atoms with van der Waals surface area (Å²) in [6.07, 6.45) is 0. The van der Waals surface area contributed by atoms with Crippen LogP contribution in [0.4, 0.5) is 14.5 Å². The third-order valence-electron chi connectivity index (χ3n) is 2.26. The van der Waals surface area contributed by atoms with Gasteiger partial charge in [-0.1, -0.05) is 11.8 Å². The molecule has 0 unspecified atom stereocenters. The SMILES string of the molecule is COc1cc(N)cc(Sc2ccc(F)cc2F)c1. The Morgan fingerprint density at radius 3 is 2.56 bits per heavy atom. The van der Waals surface area contributed by atoms with Gasteiger partial charge in [0.2, 0.25) is 0 Å². The first-order valence-electron chi connectivity index (χ1n) is 5.16. The molecular formula is C13H11F2NOS. The lowest BCUT2D eigenvalue weighted by Gasteiger charge is -2.07. The smallest absolute Gasteiger partial charge is 0.140 e. The van der Waals surface area contributed by atoms with Crippen molar-refractivity contribution in [3.05, 3.63) is 48.0 Å². The second-order valence-corrected chi connectivity index (χ2v) is 4.73. The van der Waals surface area contributed by atoms with E-state index in [1.807, 2.05) is 0 Å². The van der Waals surface area contributed by atoms with E-state index in [0.717, 1.165) is 22.7 Å². The van der Waals surface area contributed by atoms with Gasteiger partial charge in [-0.25, -0.2) is 8.78 Å². The Labute approximate surface area is 108 Å². The van der Waals surface area contributed by atoms with Gasteiger partial charge in [0.1, 0.15) is 17.4 Å². The van der Waals surface area contributed by atoms with Crippen LogP contribution in [0.25, 0.3) is 0 Å². The van der Waals surface area contributed by atoms with Gasteiger partial charge in [-0.15, -0.1) is 0 Å². The lowest BCUT2D eigenvalue weighted by Crippen LogP contribution is -1.90. The van der Waals surface area contributed by atoms with Gasteiger partial charge in [-0.3, -0.25) is 0 Å².